The summed E-state index contributed by atoms with van der Waals surface area (Å²) in [6.07, 6.45) is 2.55. The van der Waals surface area contributed by atoms with Crippen molar-refractivity contribution in [3.05, 3.63) is 53.3 Å². The number of rotatable bonds is 5. The van der Waals surface area contributed by atoms with E-state index < -0.39 is 0 Å². The third-order valence-electron chi connectivity index (χ3n) is 3.73. The van der Waals surface area contributed by atoms with Crippen LogP contribution in [0.25, 0.3) is 0 Å². The van der Waals surface area contributed by atoms with Crippen molar-refractivity contribution in [2.24, 2.45) is 0 Å². The monoisotopic (exact) mass is 297 g/mol. The molecule has 0 saturated carbocycles. The number of benzene rings is 1. The van der Waals surface area contributed by atoms with Crippen molar-refractivity contribution in [3.8, 4) is 0 Å². The molecule has 4 heteroatoms. The van der Waals surface area contributed by atoms with E-state index in [1.807, 2.05) is 26.0 Å². The second-order valence-electron chi connectivity index (χ2n) is 5.60. The number of nitrogens with zero attached hydrogens (tertiary/aromatic N) is 1. The first-order valence-electron chi connectivity index (χ1n) is 7.61. The molecule has 22 heavy (non-hydrogen) atoms. The molecule has 2 aromatic rings. The quantitative estimate of drug-likeness (QED) is 0.878. The van der Waals surface area contributed by atoms with Crippen molar-refractivity contribution in [1.29, 1.82) is 0 Å². The van der Waals surface area contributed by atoms with Crippen LogP contribution in [0.1, 0.15) is 41.9 Å². The topological polar surface area (TPSA) is 54.0 Å². The molecule has 2 rings (SSSR count). The lowest BCUT2D eigenvalue weighted by Gasteiger charge is -2.14. The first kappa shape index (κ1) is 16.0. The maximum absolute atomic E-state index is 12.2. The number of aryl methyl sites for hydroxylation is 2. The highest BCUT2D eigenvalue weighted by Gasteiger charge is 2.11. The highest BCUT2D eigenvalue weighted by atomic mass is 16.1. The fourth-order valence-corrected chi connectivity index (χ4v) is 2.19. The van der Waals surface area contributed by atoms with Crippen molar-refractivity contribution in [2.75, 3.05) is 5.32 Å². The molecule has 0 radical (unpaired) electrons. The third-order valence-corrected chi connectivity index (χ3v) is 3.73. The summed E-state index contributed by atoms with van der Waals surface area (Å²) in [5.74, 6) is -0.139. The summed E-state index contributed by atoms with van der Waals surface area (Å²) in [4.78, 5) is 16.3. The molecule has 116 valence electrons. The molecule has 1 unspecified atom stereocenters. The predicted octanol–water partition coefficient (Wildman–Crippen LogP) is 3.97. The molecule has 1 aromatic heterocycles. The van der Waals surface area contributed by atoms with Gasteiger partial charge in [0.2, 0.25) is 0 Å². The van der Waals surface area contributed by atoms with Crippen LogP contribution in [0.4, 0.5) is 11.4 Å². The van der Waals surface area contributed by atoms with E-state index in [9.17, 15) is 4.79 Å². The molecular weight excluding hydrogens is 274 g/mol. The van der Waals surface area contributed by atoms with E-state index in [0.29, 0.717) is 5.69 Å². The predicted molar refractivity (Wildman–Crippen MR) is 90.7 cm³/mol. The van der Waals surface area contributed by atoms with Gasteiger partial charge in [-0.2, -0.15) is 0 Å². The Labute approximate surface area is 132 Å². The van der Waals surface area contributed by atoms with Crippen LogP contribution in [0.5, 0.6) is 0 Å². The number of carbonyl (C=O) groups is 1. The number of nitrogens with one attached hydrogen (secondary N) is 2. The molecule has 0 aliphatic heterocycles. The van der Waals surface area contributed by atoms with Gasteiger partial charge in [-0.05, 0) is 50.5 Å². The van der Waals surface area contributed by atoms with Gasteiger partial charge in [0.05, 0.1) is 0 Å². The van der Waals surface area contributed by atoms with Crippen molar-refractivity contribution < 1.29 is 4.79 Å². The van der Waals surface area contributed by atoms with Gasteiger partial charge in [-0.25, -0.2) is 0 Å². The van der Waals surface area contributed by atoms with E-state index in [1.54, 1.807) is 12.3 Å². The molecular formula is C18H23N3O. The fourth-order valence-electron chi connectivity index (χ4n) is 2.19. The highest BCUT2D eigenvalue weighted by Crippen LogP contribution is 2.24. The molecule has 0 fully saturated rings. The Hall–Kier alpha value is -2.36. The van der Waals surface area contributed by atoms with Gasteiger partial charge in [-0.1, -0.05) is 25.1 Å². The van der Waals surface area contributed by atoms with E-state index in [4.69, 9.17) is 0 Å². The average Bonchev–Trinajstić information content (AvgIpc) is 2.51. The fraction of sp³-hybridized carbons (Fsp3) is 0.333. The molecule has 1 amide bonds. The lowest BCUT2D eigenvalue weighted by atomic mass is 10.1. The maximum atomic E-state index is 12.2. The number of carbonyl (C=O) groups excluding carboxylic acids is 1. The van der Waals surface area contributed by atoms with Gasteiger partial charge >= 0.3 is 0 Å². The first-order chi connectivity index (χ1) is 10.5. The Morgan fingerprint density at radius 2 is 1.91 bits per heavy atom. The van der Waals surface area contributed by atoms with Crippen molar-refractivity contribution in [1.82, 2.24) is 10.3 Å². The highest BCUT2D eigenvalue weighted by molar-refractivity contribution is 5.93. The van der Waals surface area contributed by atoms with Crippen LogP contribution in [0, 0.1) is 13.8 Å². The number of pyridine rings is 1. The number of amides is 1. The summed E-state index contributed by atoms with van der Waals surface area (Å²) in [5, 5.41) is 6.31. The first-order valence-corrected chi connectivity index (χ1v) is 7.61. The molecule has 0 aliphatic carbocycles. The van der Waals surface area contributed by atoms with Crippen molar-refractivity contribution in [3.63, 3.8) is 0 Å². The normalized spacial score (nSPS) is 11.8. The smallest absolute Gasteiger partial charge is 0.270 e. The summed E-state index contributed by atoms with van der Waals surface area (Å²) in [6, 6.07) is 9.95. The molecule has 2 N–H and O–H groups in total. The molecule has 1 atom stereocenters. The molecule has 0 bridgehead atoms. The van der Waals surface area contributed by atoms with E-state index >= 15 is 0 Å². The molecule has 4 nitrogen and oxygen atoms in total. The van der Waals surface area contributed by atoms with Crippen LogP contribution >= 0.6 is 0 Å². The lowest BCUT2D eigenvalue weighted by Crippen LogP contribution is -2.32. The Morgan fingerprint density at radius 1 is 1.23 bits per heavy atom. The second-order valence-corrected chi connectivity index (χ2v) is 5.60. The lowest BCUT2D eigenvalue weighted by molar-refractivity contribution is 0.0934. The van der Waals surface area contributed by atoms with Crippen LogP contribution in [0.2, 0.25) is 0 Å². The summed E-state index contributed by atoms with van der Waals surface area (Å²) in [6.45, 7) is 8.15. The largest absolute Gasteiger partial charge is 0.355 e. The van der Waals surface area contributed by atoms with Gasteiger partial charge in [-0.3, -0.25) is 9.78 Å². The molecule has 0 spiro atoms. The van der Waals surface area contributed by atoms with Crippen LogP contribution in [0.15, 0.2) is 36.5 Å². The second kappa shape index (κ2) is 7.07. The van der Waals surface area contributed by atoms with E-state index in [1.165, 1.54) is 11.1 Å². The Balaban J connectivity index is 2.20. The maximum Gasteiger partial charge on any atom is 0.270 e. The van der Waals surface area contributed by atoms with Crippen molar-refractivity contribution in [2.45, 2.75) is 40.2 Å². The number of aromatic nitrogens is 1. The van der Waals surface area contributed by atoms with Gasteiger partial charge in [-0.15, -0.1) is 0 Å². The van der Waals surface area contributed by atoms with Crippen LogP contribution in [-0.2, 0) is 0 Å². The van der Waals surface area contributed by atoms with Crippen LogP contribution < -0.4 is 10.6 Å². The number of hydrogen-bond donors (Lipinski definition) is 2. The zero-order chi connectivity index (χ0) is 16.1. The van der Waals surface area contributed by atoms with E-state index in [0.717, 1.165) is 17.8 Å². The number of anilines is 2. The summed E-state index contributed by atoms with van der Waals surface area (Å²) < 4.78 is 0. The molecule has 1 aromatic carbocycles. The Morgan fingerprint density at radius 3 is 2.55 bits per heavy atom. The van der Waals surface area contributed by atoms with Gasteiger partial charge in [0.15, 0.2) is 0 Å². The Bertz CT molecular complexity index is 647. The van der Waals surface area contributed by atoms with Gasteiger partial charge in [0, 0.05) is 23.6 Å². The molecule has 0 aliphatic rings. The number of hydrogen-bond acceptors (Lipinski definition) is 3. The standard InChI is InChI=1S/C18H23N3O/c1-5-14(4)20-18(22)16-11-15(9-10-19-16)21-17-12(2)7-6-8-13(17)3/h6-11,14H,5H2,1-4H3,(H,19,21)(H,20,22). The Kier molecular flexibility index (Phi) is 5.15. The minimum atomic E-state index is -0.139. The van der Waals surface area contributed by atoms with E-state index in [-0.39, 0.29) is 11.9 Å². The molecule has 0 saturated heterocycles. The van der Waals surface area contributed by atoms with E-state index in [2.05, 4.69) is 41.6 Å². The van der Waals surface area contributed by atoms with Gasteiger partial charge in [0.25, 0.3) is 5.91 Å². The minimum absolute atomic E-state index is 0.139. The SMILES string of the molecule is CCC(C)NC(=O)c1cc(Nc2c(C)cccc2C)ccn1. The van der Waals surface area contributed by atoms with Crippen molar-refractivity contribution >= 4 is 17.3 Å². The van der Waals surface area contributed by atoms with Crippen LogP contribution in [-0.4, -0.2) is 16.9 Å². The summed E-state index contributed by atoms with van der Waals surface area (Å²) >= 11 is 0. The summed E-state index contributed by atoms with van der Waals surface area (Å²) in [5.41, 5.74) is 4.70. The average molecular weight is 297 g/mol. The third kappa shape index (κ3) is 3.85. The van der Waals surface area contributed by atoms with Crippen LogP contribution in [0.3, 0.4) is 0 Å². The summed E-state index contributed by atoms with van der Waals surface area (Å²) in [7, 11) is 0. The van der Waals surface area contributed by atoms with Gasteiger partial charge in [0.1, 0.15) is 5.69 Å². The van der Waals surface area contributed by atoms with Gasteiger partial charge < -0.3 is 10.6 Å². The zero-order valence-corrected chi connectivity index (χ0v) is 13.6. The molecule has 1 heterocycles. The minimum Gasteiger partial charge on any atom is -0.355 e. The number of para-hydroxylation sites is 1. The zero-order valence-electron chi connectivity index (χ0n) is 13.6.